The van der Waals surface area contributed by atoms with Crippen LogP contribution >= 0.6 is 0 Å². The van der Waals surface area contributed by atoms with Crippen molar-refractivity contribution < 1.29 is 0 Å². The number of unbranched alkanes of at least 4 members (excludes halogenated alkanes) is 2. The minimum absolute atomic E-state index is 1.11. The fraction of sp³-hybridized carbons (Fsp3) is 0.192. The maximum Gasteiger partial charge on any atom is 0.0490 e. The molecule has 0 aliphatic rings. The predicted molar refractivity (Wildman–Crippen MR) is 233 cm³/mol. The van der Waals surface area contributed by atoms with Crippen molar-refractivity contribution in [2.24, 2.45) is 0 Å². The maximum atomic E-state index is 2.41. The van der Waals surface area contributed by atoms with Crippen LogP contribution in [0.15, 0.2) is 170 Å². The van der Waals surface area contributed by atoms with E-state index in [9.17, 15) is 0 Å². The molecule has 270 valence electrons. The lowest BCUT2D eigenvalue weighted by atomic mass is 9.93. The monoisotopic (exact) mass is 704 g/mol. The van der Waals surface area contributed by atoms with Gasteiger partial charge in [-0.3, -0.25) is 0 Å². The van der Waals surface area contributed by atoms with Gasteiger partial charge in [-0.1, -0.05) is 136 Å². The van der Waals surface area contributed by atoms with E-state index in [4.69, 9.17) is 0 Å². The van der Waals surface area contributed by atoms with Gasteiger partial charge in [-0.25, -0.2) is 0 Å². The van der Waals surface area contributed by atoms with Crippen molar-refractivity contribution in [3.63, 3.8) is 0 Å². The van der Waals surface area contributed by atoms with Gasteiger partial charge in [0.15, 0.2) is 0 Å². The molecule has 0 spiro atoms. The number of anilines is 6. The molecule has 0 saturated heterocycles. The Labute approximate surface area is 323 Å². The van der Waals surface area contributed by atoms with E-state index in [1.165, 1.54) is 87.3 Å². The summed E-state index contributed by atoms with van der Waals surface area (Å²) in [6, 6.07) is 62.6. The lowest BCUT2D eigenvalue weighted by molar-refractivity contribution is 0.795. The molecule has 2 heteroatoms. The van der Waals surface area contributed by atoms with Crippen molar-refractivity contribution in [1.82, 2.24) is 0 Å². The van der Waals surface area contributed by atoms with Crippen LogP contribution in [0.2, 0.25) is 0 Å². The van der Waals surface area contributed by atoms with Crippen LogP contribution in [0, 0.1) is 13.8 Å². The average molecular weight is 705 g/mol. The Morgan fingerprint density at radius 3 is 1.26 bits per heavy atom. The third-order valence-corrected chi connectivity index (χ3v) is 10.5. The van der Waals surface area contributed by atoms with Crippen molar-refractivity contribution in [2.75, 3.05) is 9.80 Å². The molecule has 2 nitrogen and oxygen atoms in total. The van der Waals surface area contributed by atoms with Gasteiger partial charge >= 0.3 is 0 Å². The van der Waals surface area contributed by atoms with E-state index >= 15 is 0 Å². The molecular formula is C52H52N2. The van der Waals surface area contributed by atoms with Crippen LogP contribution in [-0.4, -0.2) is 0 Å². The third-order valence-electron chi connectivity index (χ3n) is 10.5. The van der Waals surface area contributed by atoms with E-state index in [0.29, 0.717) is 0 Å². The van der Waals surface area contributed by atoms with Crippen LogP contribution in [-0.2, 0) is 12.8 Å². The molecule has 0 aliphatic carbocycles. The van der Waals surface area contributed by atoms with Crippen LogP contribution in [0.3, 0.4) is 0 Å². The molecule has 0 bridgehead atoms. The van der Waals surface area contributed by atoms with Crippen molar-refractivity contribution in [2.45, 2.75) is 66.2 Å². The number of hydrogen-bond donors (Lipinski definition) is 0. The van der Waals surface area contributed by atoms with Crippen LogP contribution in [0.4, 0.5) is 34.1 Å². The highest BCUT2D eigenvalue weighted by Crippen LogP contribution is 2.43. The zero-order valence-corrected chi connectivity index (χ0v) is 32.3. The first-order chi connectivity index (χ1) is 26.5. The lowest BCUT2D eigenvalue weighted by Gasteiger charge is -2.29. The molecule has 0 radical (unpaired) electrons. The smallest absolute Gasteiger partial charge is 0.0490 e. The Hall–Kier alpha value is -5.86. The van der Waals surface area contributed by atoms with Crippen molar-refractivity contribution in [3.05, 3.63) is 192 Å². The molecule has 0 amide bonds. The maximum absolute atomic E-state index is 2.41. The van der Waals surface area contributed by atoms with E-state index in [1.54, 1.807) is 0 Å². The van der Waals surface area contributed by atoms with E-state index in [-0.39, 0.29) is 0 Å². The zero-order chi connectivity index (χ0) is 37.3. The summed E-state index contributed by atoms with van der Waals surface area (Å²) in [5.41, 5.74) is 17.0. The number of hydrogen-bond acceptors (Lipinski definition) is 2. The van der Waals surface area contributed by atoms with Crippen molar-refractivity contribution in [1.29, 1.82) is 0 Å². The summed E-state index contributed by atoms with van der Waals surface area (Å²) in [5.74, 6) is 0. The van der Waals surface area contributed by atoms with Crippen LogP contribution in [0.1, 0.15) is 61.8 Å². The molecule has 0 heterocycles. The number of para-hydroxylation sites is 2. The third kappa shape index (κ3) is 8.19. The SMILES string of the molecule is CCCCc1ccc(N(c2ccc(-c3cc(N(c4ccc(CCCC)cc4)c4ccccc4C)ccc3-c3ccccc3)cc2)c2ccccc2C)cc1. The Morgan fingerprint density at radius 1 is 0.370 bits per heavy atom. The molecule has 0 saturated carbocycles. The lowest BCUT2D eigenvalue weighted by Crippen LogP contribution is -2.12. The largest absolute Gasteiger partial charge is 0.310 e. The summed E-state index contributed by atoms with van der Waals surface area (Å²) in [6.45, 7) is 8.91. The number of nitrogens with zero attached hydrogens (tertiary/aromatic N) is 2. The van der Waals surface area contributed by atoms with Crippen LogP contribution in [0.25, 0.3) is 22.3 Å². The van der Waals surface area contributed by atoms with Crippen molar-refractivity contribution >= 4 is 34.1 Å². The van der Waals surface area contributed by atoms with E-state index < -0.39 is 0 Å². The molecule has 0 fully saturated rings. The molecular weight excluding hydrogens is 653 g/mol. The minimum atomic E-state index is 1.11. The van der Waals surface area contributed by atoms with Gasteiger partial charge in [0.25, 0.3) is 0 Å². The van der Waals surface area contributed by atoms with Gasteiger partial charge in [-0.15, -0.1) is 0 Å². The Kier molecular flexibility index (Phi) is 11.7. The molecule has 0 aliphatic heterocycles. The molecule has 0 unspecified atom stereocenters. The highest BCUT2D eigenvalue weighted by atomic mass is 15.1. The fourth-order valence-electron chi connectivity index (χ4n) is 7.44. The summed E-state index contributed by atoms with van der Waals surface area (Å²) in [6.07, 6.45) is 7.04. The topological polar surface area (TPSA) is 6.48 Å². The summed E-state index contributed by atoms with van der Waals surface area (Å²) < 4.78 is 0. The number of aryl methyl sites for hydroxylation is 4. The molecule has 7 aromatic rings. The van der Waals surface area contributed by atoms with Gasteiger partial charge < -0.3 is 9.80 Å². The first-order valence-corrected chi connectivity index (χ1v) is 19.7. The van der Waals surface area contributed by atoms with E-state index in [1.807, 2.05) is 0 Å². The van der Waals surface area contributed by atoms with E-state index in [2.05, 4.69) is 207 Å². The summed E-state index contributed by atoms with van der Waals surface area (Å²) in [4.78, 5) is 4.80. The summed E-state index contributed by atoms with van der Waals surface area (Å²) in [5, 5.41) is 0. The van der Waals surface area contributed by atoms with Crippen LogP contribution < -0.4 is 9.80 Å². The highest BCUT2D eigenvalue weighted by molar-refractivity contribution is 5.90. The highest BCUT2D eigenvalue weighted by Gasteiger charge is 2.19. The second-order valence-electron chi connectivity index (χ2n) is 14.4. The van der Waals surface area contributed by atoms with Gasteiger partial charge in [0, 0.05) is 34.1 Å². The standard InChI is InChI=1S/C52H52N2/c1-5-7-18-41-24-30-45(31-25-41)53(51-22-14-12-16-39(51)3)47-34-28-44(29-35-47)50-38-48(36-37-49(50)43-20-10-9-11-21-43)54(52-23-15-13-17-40(52)4)46-32-26-42(27-33-46)19-8-6-2/h9-17,20-38H,5-8,18-19H2,1-4H3. The normalized spacial score (nSPS) is 11.0. The first-order valence-electron chi connectivity index (χ1n) is 19.7. The minimum Gasteiger partial charge on any atom is -0.310 e. The quantitative estimate of drug-likeness (QED) is 0.111. The fourth-order valence-corrected chi connectivity index (χ4v) is 7.44. The van der Waals surface area contributed by atoms with E-state index in [0.717, 1.165) is 29.9 Å². The molecule has 0 aromatic heterocycles. The molecule has 0 N–H and O–H groups in total. The van der Waals surface area contributed by atoms with Gasteiger partial charge in [-0.2, -0.15) is 0 Å². The molecule has 7 aromatic carbocycles. The predicted octanol–water partition coefficient (Wildman–Crippen LogP) is 15.3. The number of benzene rings is 7. The second kappa shape index (κ2) is 17.3. The van der Waals surface area contributed by atoms with Gasteiger partial charge in [0.2, 0.25) is 0 Å². The Morgan fingerprint density at radius 2 is 0.778 bits per heavy atom. The first kappa shape index (κ1) is 36.5. The molecule has 54 heavy (non-hydrogen) atoms. The summed E-state index contributed by atoms with van der Waals surface area (Å²) in [7, 11) is 0. The summed E-state index contributed by atoms with van der Waals surface area (Å²) >= 11 is 0. The number of rotatable bonds is 14. The zero-order valence-electron chi connectivity index (χ0n) is 32.3. The van der Waals surface area contributed by atoms with Gasteiger partial charge in [-0.05, 0) is 145 Å². The van der Waals surface area contributed by atoms with Gasteiger partial charge in [0.05, 0.1) is 0 Å². The second-order valence-corrected chi connectivity index (χ2v) is 14.4. The average Bonchev–Trinajstić information content (AvgIpc) is 3.22. The molecule has 0 atom stereocenters. The Balaban J connectivity index is 1.33. The molecule has 7 rings (SSSR count). The van der Waals surface area contributed by atoms with Gasteiger partial charge in [0.1, 0.15) is 0 Å². The Bertz CT molecular complexity index is 2250. The van der Waals surface area contributed by atoms with Crippen LogP contribution in [0.5, 0.6) is 0 Å². The van der Waals surface area contributed by atoms with Crippen molar-refractivity contribution in [3.8, 4) is 22.3 Å².